The van der Waals surface area contributed by atoms with E-state index in [0.717, 1.165) is 11.4 Å². The fourth-order valence-corrected chi connectivity index (χ4v) is 2.69. The lowest BCUT2D eigenvalue weighted by Gasteiger charge is -2.22. The SMILES string of the molecule is CCC(CC)CC(NC)c1ccc2ncccc2c1. The van der Waals surface area contributed by atoms with Gasteiger partial charge < -0.3 is 5.32 Å². The summed E-state index contributed by atoms with van der Waals surface area (Å²) in [6.07, 6.45) is 5.56. The molecule has 0 aliphatic heterocycles. The number of hydrogen-bond donors (Lipinski definition) is 1. The molecule has 1 heterocycles. The lowest BCUT2D eigenvalue weighted by atomic mass is 9.91. The minimum Gasteiger partial charge on any atom is -0.313 e. The van der Waals surface area contributed by atoms with Crippen molar-refractivity contribution in [1.29, 1.82) is 0 Å². The van der Waals surface area contributed by atoms with Gasteiger partial charge in [0.05, 0.1) is 5.52 Å². The summed E-state index contributed by atoms with van der Waals surface area (Å²) in [5.74, 6) is 0.794. The molecular formula is C17H24N2. The van der Waals surface area contributed by atoms with Gasteiger partial charge in [-0.15, -0.1) is 0 Å². The van der Waals surface area contributed by atoms with Gasteiger partial charge in [0.25, 0.3) is 0 Å². The molecule has 0 fully saturated rings. The highest BCUT2D eigenvalue weighted by Gasteiger charge is 2.14. The fourth-order valence-electron chi connectivity index (χ4n) is 2.69. The zero-order valence-corrected chi connectivity index (χ0v) is 12.2. The lowest BCUT2D eigenvalue weighted by Crippen LogP contribution is -2.19. The summed E-state index contributed by atoms with van der Waals surface area (Å²) in [5, 5.41) is 4.69. The first-order valence-electron chi connectivity index (χ1n) is 7.30. The van der Waals surface area contributed by atoms with Crippen molar-refractivity contribution in [3.05, 3.63) is 42.1 Å². The van der Waals surface area contributed by atoms with Crippen LogP contribution in [0.2, 0.25) is 0 Å². The topological polar surface area (TPSA) is 24.9 Å². The van der Waals surface area contributed by atoms with Gasteiger partial charge in [0.2, 0.25) is 0 Å². The van der Waals surface area contributed by atoms with E-state index in [-0.39, 0.29) is 0 Å². The molecule has 1 aromatic carbocycles. The van der Waals surface area contributed by atoms with Gasteiger partial charge in [-0.2, -0.15) is 0 Å². The van der Waals surface area contributed by atoms with Crippen LogP contribution >= 0.6 is 0 Å². The third-order valence-electron chi connectivity index (χ3n) is 4.10. The lowest BCUT2D eigenvalue weighted by molar-refractivity contribution is 0.385. The molecule has 2 heteroatoms. The number of aromatic nitrogens is 1. The van der Waals surface area contributed by atoms with Gasteiger partial charge in [-0.1, -0.05) is 38.8 Å². The third kappa shape index (κ3) is 3.32. The van der Waals surface area contributed by atoms with Crippen LogP contribution in [0.25, 0.3) is 10.9 Å². The number of nitrogens with zero attached hydrogens (tertiary/aromatic N) is 1. The predicted octanol–water partition coefficient (Wildman–Crippen LogP) is 4.32. The van der Waals surface area contributed by atoms with Gasteiger partial charge in [-0.05, 0) is 43.1 Å². The van der Waals surface area contributed by atoms with E-state index >= 15 is 0 Å². The standard InChI is InChI=1S/C17H24N2/c1-4-13(5-2)11-17(18-3)15-8-9-16-14(12-15)7-6-10-19-16/h6-10,12-13,17-18H,4-5,11H2,1-3H3. The summed E-state index contributed by atoms with van der Waals surface area (Å²) in [5.41, 5.74) is 2.44. The van der Waals surface area contributed by atoms with E-state index in [1.165, 1.54) is 30.2 Å². The Bertz CT molecular complexity index is 517. The highest BCUT2D eigenvalue weighted by atomic mass is 14.9. The monoisotopic (exact) mass is 256 g/mol. The maximum Gasteiger partial charge on any atom is 0.0702 e. The maximum absolute atomic E-state index is 4.38. The molecule has 19 heavy (non-hydrogen) atoms. The molecule has 0 saturated heterocycles. The Morgan fingerprint density at radius 3 is 2.63 bits per heavy atom. The van der Waals surface area contributed by atoms with Gasteiger partial charge in [0, 0.05) is 17.6 Å². The Kier molecular flexibility index (Phi) is 4.92. The fraction of sp³-hybridized carbons (Fsp3) is 0.471. The van der Waals surface area contributed by atoms with Crippen LogP contribution < -0.4 is 5.32 Å². The van der Waals surface area contributed by atoms with E-state index in [1.54, 1.807) is 0 Å². The number of benzene rings is 1. The number of rotatable bonds is 6. The second kappa shape index (κ2) is 6.67. The zero-order chi connectivity index (χ0) is 13.7. The molecule has 0 bridgehead atoms. The zero-order valence-electron chi connectivity index (χ0n) is 12.2. The van der Waals surface area contributed by atoms with Crippen LogP contribution in [0.3, 0.4) is 0 Å². The summed E-state index contributed by atoms with van der Waals surface area (Å²) in [6, 6.07) is 11.2. The number of nitrogens with one attached hydrogen (secondary N) is 1. The molecule has 2 aromatic rings. The molecule has 102 valence electrons. The predicted molar refractivity (Wildman–Crippen MR) is 82.2 cm³/mol. The summed E-state index contributed by atoms with van der Waals surface area (Å²) in [6.45, 7) is 4.57. The van der Waals surface area contributed by atoms with Crippen molar-refractivity contribution in [2.75, 3.05) is 7.05 Å². The van der Waals surface area contributed by atoms with Crippen molar-refractivity contribution in [1.82, 2.24) is 10.3 Å². The van der Waals surface area contributed by atoms with E-state index in [0.29, 0.717) is 6.04 Å². The Balaban J connectivity index is 2.24. The molecule has 2 rings (SSSR count). The quantitative estimate of drug-likeness (QED) is 0.832. The van der Waals surface area contributed by atoms with Crippen molar-refractivity contribution in [3.8, 4) is 0 Å². The second-order valence-electron chi connectivity index (χ2n) is 5.22. The van der Waals surface area contributed by atoms with Crippen molar-refractivity contribution in [2.45, 2.75) is 39.2 Å². The highest BCUT2D eigenvalue weighted by molar-refractivity contribution is 5.79. The maximum atomic E-state index is 4.38. The molecule has 1 unspecified atom stereocenters. The molecule has 1 N–H and O–H groups in total. The van der Waals surface area contributed by atoms with Crippen LogP contribution in [0.5, 0.6) is 0 Å². The van der Waals surface area contributed by atoms with E-state index in [1.807, 2.05) is 12.3 Å². The van der Waals surface area contributed by atoms with E-state index < -0.39 is 0 Å². The second-order valence-corrected chi connectivity index (χ2v) is 5.22. The number of hydrogen-bond acceptors (Lipinski definition) is 2. The van der Waals surface area contributed by atoms with Crippen LogP contribution in [0.1, 0.15) is 44.7 Å². The van der Waals surface area contributed by atoms with Crippen LogP contribution in [-0.4, -0.2) is 12.0 Å². The molecule has 0 aliphatic carbocycles. The summed E-state index contributed by atoms with van der Waals surface area (Å²) in [4.78, 5) is 4.38. The van der Waals surface area contributed by atoms with E-state index in [9.17, 15) is 0 Å². The summed E-state index contributed by atoms with van der Waals surface area (Å²) < 4.78 is 0. The largest absolute Gasteiger partial charge is 0.313 e. The van der Waals surface area contributed by atoms with E-state index in [4.69, 9.17) is 0 Å². The molecule has 0 amide bonds. The third-order valence-corrected chi connectivity index (χ3v) is 4.10. The first kappa shape index (κ1) is 14.0. The van der Waals surface area contributed by atoms with Crippen LogP contribution in [0.4, 0.5) is 0 Å². The van der Waals surface area contributed by atoms with Gasteiger partial charge in [0.1, 0.15) is 0 Å². The first-order valence-corrected chi connectivity index (χ1v) is 7.30. The highest BCUT2D eigenvalue weighted by Crippen LogP contribution is 2.26. The normalized spacial score (nSPS) is 13.1. The molecule has 0 aliphatic rings. The Labute approximate surface area is 116 Å². The van der Waals surface area contributed by atoms with Gasteiger partial charge in [-0.3, -0.25) is 4.98 Å². The molecule has 0 spiro atoms. The molecular weight excluding hydrogens is 232 g/mol. The number of fused-ring (bicyclic) bond motifs is 1. The minimum atomic E-state index is 0.439. The molecule has 0 saturated carbocycles. The Hall–Kier alpha value is -1.41. The molecule has 0 radical (unpaired) electrons. The van der Waals surface area contributed by atoms with Crippen molar-refractivity contribution < 1.29 is 0 Å². The molecule has 1 aromatic heterocycles. The van der Waals surface area contributed by atoms with Crippen LogP contribution in [0.15, 0.2) is 36.5 Å². The van der Waals surface area contributed by atoms with E-state index in [2.05, 4.69) is 55.5 Å². The van der Waals surface area contributed by atoms with Crippen molar-refractivity contribution >= 4 is 10.9 Å². The van der Waals surface area contributed by atoms with Crippen LogP contribution in [0, 0.1) is 5.92 Å². The number of pyridine rings is 1. The first-order chi connectivity index (χ1) is 9.28. The van der Waals surface area contributed by atoms with Crippen LogP contribution in [-0.2, 0) is 0 Å². The minimum absolute atomic E-state index is 0.439. The van der Waals surface area contributed by atoms with Gasteiger partial charge >= 0.3 is 0 Å². The summed E-state index contributed by atoms with van der Waals surface area (Å²) in [7, 11) is 2.06. The molecule has 1 atom stereocenters. The summed E-state index contributed by atoms with van der Waals surface area (Å²) >= 11 is 0. The smallest absolute Gasteiger partial charge is 0.0702 e. The molecule has 2 nitrogen and oxygen atoms in total. The van der Waals surface area contributed by atoms with Crippen molar-refractivity contribution in [3.63, 3.8) is 0 Å². The van der Waals surface area contributed by atoms with Gasteiger partial charge in [0.15, 0.2) is 0 Å². The van der Waals surface area contributed by atoms with Crippen molar-refractivity contribution in [2.24, 2.45) is 5.92 Å². The Morgan fingerprint density at radius 1 is 1.16 bits per heavy atom. The average molecular weight is 256 g/mol. The average Bonchev–Trinajstić information content (AvgIpc) is 2.48. The Morgan fingerprint density at radius 2 is 1.95 bits per heavy atom. The van der Waals surface area contributed by atoms with Gasteiger partial charge in [-0.25, -0.2) is 0 Å².